The highest BCUT2D eigenvalue weighted by molar-refractivity contribution is 5.97. The molecule has 9 nitrogen and oxygen atoms in total. The number of pyridine rings is 1. The van der Waals surface area contributed by atoms with Crippen molar-refractivity contribution in [3.8, 4) is 11.3 Å². The van der Waals surface area contributed by atoms with Crippen LogP contribution in [0.5, 0.6) is 0 Å². The predicted molar refractivity (Wildman–Crippen MR) is 114 cm³/mol. The zero-order valence-electron chi connectivity index (χ0n) is 17.8. The monoisotopic (exact) mass is 426 g/mol. The van der Waals surface area contributed by atoms with Gasteiger partial charge in [0.25, 0.3) is 0 Å². The second kappa shape index (κ2) is 9.67. The summed E-state index contributed by atoms with van der Waals surface area (Å²) in [6.07, 6.45) is 6.81. The van der Waals surface area contributed by atoms with Crippen molar-refractivity contribution in [2.45, 2.75) is 39.3 Å². The third-order valence-corrected chi connectivity index (χ3v) is 4.90. The molecule has 3 heterocycles. The molecule has 0 fully saturated rings. The van der Waals surface area contributed by atoms with Gasteiger partial charge in [-0.25, -0.2) is 4.99 Å². The first-order valence-electron chi connectivity index (χ1n) is 9.84. The lowest BCUT2D eigenvalue weighted by Gasteiger charge is -2.26. The number of aryl methyl sites for hydroxylation is 2. The SMILES string of the molecule is Cc1ccc(-c2noc(C)c2COC2=CC=C(C(=O)NC(C)(CO)CO)CC=N2)cn1. The molecular formula is C22H26N4O5. The maximum atomic E-state index is 12.4. The van der Waals surface area contributed by atoms with E-state index >= 15 is 0 Å². The third kappa shape index (κ3) is 5.44. The Labute approximate surface area is 180 Å². The maximum absolute atomic E-state index is 12.4. The standard InChI is InChI=1S/C22H26N4O5/c1-14-4-5-17(10-24-14)20-18(15(2)31-26-20)11-30-19-7-6-16(8-9-23-19)21(29)25-22(3,12-27)13-28/h4-7,9-10,27-28H,8,11-13H2,1-3H3,(H,25,29). The molecule has 0 saturated carbocycles. The topological polar surface area (TPSA) is 130 Å². The smallest absolute Gasteiger partial charge is 0.248 e. The Morgan fingerprint density at radius 2 is 2.03 bits per heavy atom. The highest BCUT2D eigenvalue weighted by Crippen LogP contribution is 2.26. The Kier molecular flexibility index (Phi) is 6.98. The maximum Gasteiger partial charge on any atom is 0.248 e. The van der Waals surface area contributed by atoms with Crippen LogP contribution in [0, 0.1) is 13.8 Å². The van der Waals surface area contributed by atoms with Gasteiger partial charge in [0, 0.05) is 41.7 Å². The molecule has 0 aromatic carbocycles. The first-order chi connectivity index (χ1) is 14.8. The Balaban J connectivity index is 1.71. The number of nitrogens with zero attached hydrogens (tertiary/aromatic N) is 3. The van der Waals surface area contributed by atoms with Crippen molar-refractivity contribution in [1.82, 2.24) is 15.5 Å². The first-order valence-corrected chi connectivity index (χ1v) is 9.84. The lowest BCUT2D eigenvalue weighted by atomic mass is 10.0. The number of aliphatic hydroxyl groups excluding tert-OH is 2. The van der Waals surface area contributed by atoms with Gasteiger partial charge in [-0.05, 0) is 39.0 Å². The van der Waals surface area contributed by atoms with Gasteiger partial charge in [-0.15, -0.1) is 0 Å². The summed E-state index contributed by atoms with van der Waals surface area (Å²) in [5.41, 5.74) is 2.51. The molecule has 31 heavy (non-hydrogen) atoms. The van der Waals surface area contributed by atoms with Crippen LogP contribution in [0.25, 0.3) is 11.3 Å². The zero-order valence-corrected chi connectivity index (χ0v) is 17.8. The van der Waals surface area contributed by atoms with Crippen LogP contribution in [0.15, 0.2) is 51.5 Å². The van der Waals surface area contributed by atoms with Crippen molar-refractivity contribution in [3.05, 3.63) is 59.0 Å². The molecule has 1 amide bonds. The summed E-state index contributed by atoms with van der Waals surface area (Å²) in [6, 6.07) is 3.82. The van der Waals surface area contributed by atoms with Crippen LogP contribution in [-0.2, 0) is 16.1 Å². The van der Waals surface area contributed by atoms with Crippen molar-refractivity contribution < 1.29 is 24.3 Å². The quantitative estimate of drug-likeness (QED) is 0.588. The molecule has 1 aliphatic rings. The van der Waals surface area contributed by atoms with Crippen molar-refractivity contribution in [1.29, 1.82) is 0 Å². The molecule has 0 atom stereocenters. The van der Waals surface area contributed by atoms with E-state index in [1.807, 2.05) is 26.0 Å². The fourth-order valence-electron chi connectivity index (χ4n) is 2.80. The molecule has 3 rings (SSSR count). The Morgan fingerprint density at radius 1 is 1.26 bits per heavy atom. The van der Waals surface area contributed by atoms with E-state index in [-0.39, 0.29) is 26.2 Å². The van der Waals surface area contributed by atoms with Crippen LogP contribution in [0.4, 0.5) is 0 Å². The summed E-state index contributed by atoms with van der Waals surface area (Å²) >= 11 is 0. The summed E-state index contributed by atoms with van der Waals surface area (Å²) in [5, 5.41) is 25.5. The molecule has 2 aromatic heterocycles. The molecule has 0 unspecified atom stereocenters. The fraction of sp³-hybridized carbons (Fsp3) is 0.364. The molecule has 2 aromatic rings. The molecule has 1 aliphatic heterocycles. The van der Waals surface area contributed by atoms with Gasteiger partial charge in [0.2, 0.25) is 11.8 Å². The summed E-state index contributed by atoms with van der Waals surface area (Å²) in [4.78, 5) is 21.0. The summed E-state index contributed by atoms with van der Waals surface area (Å²) < 4.78 is 11.2. The van der Waals surface area contributed by atoms with Crippen LogP contribution >= 0.6 is 0 Å². The molecule has 0 bridgehead atoms. The molecule has 3 N–H and O–H groups in total. The van der Waals surface area contributed by atoms with Gasteiger partial charge < -0.3 is 24.8 Å². The molecule has 0 spiro atoms. The minimum absolute atomic E-state index is 0.185. The van der Waals surface area contributed by atoms with Gasteiger partial charge in [0.15, 0.2) is 0 Å². The fourth-order valence-corrected chi connectivity index (χ4v) is 2.80. The molecule has 0 radical (unpaired) electrons. The first kappa shape index (κ1) is 22.4. The molecule has 164 valence electrons. The number of aromatic nitrogens is 2. The number of aliphatic hydroxyl groups is 2. The van der Waals surface area contributed by atoms with E-state index in [2.05, 4.69) is 20.4 Å². The Morgan fingerprint density at radius 3 is 2.71 bits per heavy atom. The van der Waals surface area contributed by atoms with Crippen LogP contribution in [0.2, 0.25) is 0 Å². The summed E-state index contributed by atoms with van der Waals surface area (Å²) in [5.74, 6) is 0.582. The van der Waals surface area contributed by atoms with E-state index in [1.54, 1.807) is 31.5 Å². The summed E-state index contributed by atoms with van der Waals surface area (Å²) in [7, 11) is 0. The van der Waals surface area contributed by atoms with Crippen LogP contribution < -0.4 is 5.32 Å². The van der Waals surface area contributed by atoms with E-state index in [9.17, 15) is 15.0 Å². The number of allylic oxidation sites excluding steroid dienone is 2. The van der Waals surface area contributed by atoms with Crippen molar-refractivity contribution in [3.63, 3.8) is 0 Å². The number of carbonyl (C=O) groups excluding carboxylic acids is 1. The number of ether oxygens (including phenoxy) is 1. The molecule has 0 saturated heterocycles. The second-order valence-corrected chi connectivity index (χ2v) is 7.59. The normalized spacial score (nSPS) is 14.0. The molecule has 9 heteroatoms. The minimum atomic E-state index is -1.10. The Bertz CT molecular complexity index is 1020. The average Bonchev–Trinajstić information content (AvgIpc) is 2.98. The van der Waals surface area contributed by atoms with E-state index in [0.29, 0.717) is 22.9 Å². The van der Waals surface area contributed by atoms with Crippen molar-refractivity contribution in [2.75, 3.05) is 13.2 Å². The highest BCUT2D eigenvalue weighted by Gasteiger charge is 2.26. The zero-order chi connectivity index (χ0) is 22.4. The lowest BCUT2D eigenvalue weighted by Crippen LogP contribution is -2.52. The largest absolute Gasteiger partial charge is 0.473 e. The van der Waals surface area contributed by atoms with Crippen LogP contribution in [0.3, 0.4) is 0 Å². The van der Waals surface area contributed by atoms with Crippen molar-refractivity contribution >= 4 is 12.1 Å². The van der Waals surface area contributed by atoms with E-state index < -0.39 is 11.4 Å². The van der Waals surface area contributed by atoms with Crippen LogP contribution in [-0.4, -0.2) is 51.2 Å². The van der Waals surface area contributed by atoms with Gasteiger partial charge in [-0.3, -0.25) is 9.78 Å². The number of rotatable bonds is 8. The van der Waals surface area contributed by atoms with Crippen molar-refractivity contribution in [2.24, 2.45) is 4.99 Å². The van der Waals surface area contributed by atoms with Gasteiger partial charge >= 0.3 is 0 Å². The van der Waals surface area contributed by atoms with E-state index in [4.69, 9.17) is 9.26 Å². The number of hydrogen-bond acceptors (Lipinski definition) is 8. The highest BCUT2D eigenvalue weighted by atomic mass is 16.5. The number of amides is 1. The van der Waals surface area contributed by atoms with E-state index in [0.717, 1.165) is 16.8 Å². The minimum Gasteiger partial charge on any atom is -0.473 e. The van der Waals surface area contributed by atoms with E-state index in [1.165, 1.54) is 0 Å². The third-order valence-electron chi connectivity index (χ3n) is 4.90. The number of aliphatic imine (C=N–C) groups is 1. The number of nitrogens with one attached hydrogen (secondary N) is 1. The molecular weight excluding hydrogens is 400 g/mol. The number of hydrogen-bond donors (Lipinski definition) is 3. The van der Waals surface area contributed by atoms with Crippen LogP contribution in [0.1, 0.15) is 30.4 Å². The average molecular weight is 426 g/mol. The second-order valence-electron chi connectivity index (χ2n) is 7.59. The van der Waals surface area contributed by atoms with Gasteiger partial charge in [-0.2, -0.15) is 0 Å². The van der Waals surface area contributed by atoms with Gasteiger partial charge in [-0.1, -0.05) is 5.16 Å². The predicted octanol–water partition coefficient (Wildman–Crippen LogP) is 1.97. The van der Waals surface area contributed by atoms with Gasteiger partial charge in [0.1, 0.15) is 18.1 Å². The summed E-state index contributed by atoms with van der Waals surface area (Å²) in [6.45, 7) is 4.71. The molecule has 0 aliphatic carbocycles. The Hall–Kier alpha value is -3.30. The number of carbonyl (C=O) groups is 1. The van der Waals surface area contributed by atoms with Gasteiger partial charge in [0.05, 0.1) is 24.3 Å². The lowest BCUT2D eigenvalue weighted by molar-refractivity contribution is -0.120.